The molecule has 1 heterocycles. The van der Waals surface area contributed by atoms with Crippen molar-refractivity contribution in [1.82, 2.24) is 15.1 Å². The Kier molecular flexibility index (Phi) is 3.39. The minimum atomic E-state index is -0.761. The highest BCUT2D eigenvalue weighted by Crippen LogP contribution is 2.38. The molecular weight excluding hydrogens is 310 g/mol. The molecule has 0 radical (unpaired) electrons. The Morgan fingerprint density at radius 1 is 1.53 bits per heavy atom. The monoisotopic (exact) mass is 327 g/mol. The SMILES string of the molecule is O=C(O)C1(NC2CC2)CCCC(n2cc(Br)cn2)C1. The lowest BCUT2D eigenvalue weighted by molar-refractivity contribution is -0.147. The first-order valence-electron chi connectivity index (χ1n) is 6.80. The van der Waals surface area contributed by atoms with E-state index < -0.39 is 11.5 Å². The van der Waals surface area contributed by atoms with Gasteiger partial charge in [0.05, 0.1) is 16.7 Å². The molecule has 2 aliphatic carbocycles. The number of aromatic nitrogens is 2. The quantitative estimate of drug-likeness (QED) is 0.890. The van der Waals surface area contributed by atoms with E-state index in [2.05, 4.69) is 26.3 Å². The second kappa shape index (κ2) is 4.90. The van der Waals surface area contributed by atoms with Crippen LogP contribution in [-0.2, 0) is 4.79 Å². The Morgan fingerprint density at radius 2 is 2.32 bits per heavy atom. The standard InChI is InChI=1S/C13H18BrN3O2/c14-9-7-15-17(8-9)11-2-1-5-13(6-11,12(18)19)16-10-3-4-10/h7-8,10-11,16H,1-6H2,(H,18,19). The van der Waals surface area contributed by atoms with Crippen LogP contribution in [0.25, 0.3) is 0 Å². The molecule has 2 fully saturated rings. The Balaban J connectivity index is 1.79. The smallest absolute Gasteiger partial charge is 0.323 e. The summed E-state index contributed by atoms with van der Waals surface area (Å²) in [6.07, 6.45) is 9.15. The number of carboxylic acids is 1. The summed E-state index contributed by atoms with van der Waals surface area (Å²) < 4.78 is 2.84. The minimum Gasteiger partial charge on any atom is -0.480 e. The highest BCUT2D eigenvalue weighted by molar-refractivity contribution is 9.10. The van der Waals surface area contributed by atoms with Crippen LogP contribution in [0.15, 0.2) is 16.9 Å². The molecule has 1 aromatic heterocycles. The van der Waals surface area contributed by atoms with E-state index in [9.17, 15) is 9.90 Å². The van der Waals surface area contributed by atoms with Gasteiger partial charge in [0.1, 0.15) is 5.54 Å². The summed E-state index contributed by atoms with van der Waals surface area (Å²) >= 11 is 3.39. The van der Waals surface area contributed by atoms with Crippen molar-refractivity contribution >= 4 is 21.9 Å². The molecule has 2 saturated carbocycles. The number of carboxylic acid groups (broad SMARTS) is 1. The van der Waals surface area contributed by atoms with E-state index >= 15 is 0 Å². The van der Waals surface area contributed by atoms with Gasteiger partial charge in [-0.15, -0.1) is 0 Å². The molecule has 2 N–H and O–H groups in total. The van der Waals surface area contributed by atoms with Crippen LogP contribution >= 0.6 is 15.9 Å². The second-order valence-corrected chi connectivity index (χ2v) is 6.61. The van der Waals surface area contributed by atoms with Gasteiger partial charge < -0.3 is 5.11 Å². The van der Waals surface area contributed by atoms with Gasteiger partial charge in [-0.1, -0.05) is 0 Å². The molecular formula is C13H18BrN3O2. The predicted octanol–water partition coefficient (Wildman–Crippen LogP) is 2.34. The fourth-order valence-corrected chi connectivity index (χ4v) is 3.29. The Labute approximate surface area is 120 Å². The molecule has 2 aliphatic rings. The van der Waals surface area contributed by atoms with Gasteiger partial charge in [-0.05, 0) is 54.5 Å². The largest absolute Gasteiger partial charge is 0.480 e. The lowest BCUT2D eigenvalue weighted by Gasteiger charge is -2.38. The van der Waals surface area contributed by atoms with Gasteiger partial charge in [-0.2, -0.15) is 5.10 Å². The van der Waals surface area contributed by atoms with Crippen LogP contribution in [0.5, 0.6) is 0 Å². The fraction of sp³-hybridized carbons (Fsp3) is 0.692. The lowest BCUT2D eigenvalue weighted by Crippen LogP contribution is -2.55. The highest BCUT2D eigenvalue weighted by Gasteiger charge is 2.46. The fourth-order valence-electron chi connectivity index (χ4n) is 2.99. The van der Waals surface area contributed by atoms with E-state index in [-0.39, 0.29) is 6.04 Å². The summed E-state index contributed by atoms with van der Waals surface area (Å²) in [6, 6.07) is 0.571. The first-order valence-corrected chi connectivity index (χ1v) is 7.59. The maximum Gasteiger partial charge on any atom is 0.323 e. The van der Waals surface area contributed by atoms with Crippen molar-refractivity contribution in [2.24, 2.45) is 0 Å². The Bertz CT molecular complexity index is 486. The molecule has 1 aromatic rings. The molecule has 0 saturated heterocycles. The average Bonchev–Trinajstić information content (AvgIpc) is 3.08. The molecule has 0 aliphatic heterocycles. The third-order valence-corrected chi connectivity index (χ3v) is 4.55. The molecule has 104 valence electrons. The van der Waals surface area contributed by atoms with E-state index in [0.717, 1.165) is 36.6 Å². The van der Waals surface area contributed by atoms with E-state index in [1.807, 2.05) is 10.9 Å². The van der Waals surface area contributed by atoms with Crippen molar-refractivity contribution in [2.45, 2.75) is 56.1 Å². The van der Waals surface area contributed by atoms with Gasteiger partial charge in [0.2, 0.25) is 0 Å². The molecule has 0 aromatic carbocycles. The van der Waals surface area contributed by atoms with Gasteiger partial charge in [-0.3, -0.25) is 14.8 Å². The predicted molar refractivity (Wildman–Crippen MR) is 74.0 cm³/mol. The zero-order chi connectivity index (χ0) is 13.5. The number of hydrogen-bond donors (Lipinski definition) is 2. The van der Waals surface area contributed by atoms with Crippen molar-refractivity contribution in [3.63, 3.8) is 0 Å². The van der Waals surface area contributed by atoms with Crippen LogP contribution in [0, 0.1) is 0 Å². The lowest BCUT2D eigenvalue weighted by atomic mass is 9.78. The van der Waals surface area contributed by atoms with E-state index in [1.54, 1.807) is 6.20 Å². The number of nitrogens with zero attached hydrogens (tertiary/aromatic N) is 2. The number of carbonyl (C=O) groups is 1. The minimum absolute atomic E-state index is 0.169. The van der Waals surface area contributed by atoms with Gasteiger partial charge in [0.25, 0.3) is 0 Å². The highest BCUT2D eigenvalue weighted by atomic mass is 79.9. The number of aliphatic carboxylic acids is 1. The van der Waals surface area contributed by atoms with E-state index in [4.69, 9.17) is 0 Å². The van der Waals surface area contributed by atoms with Crippen molar-refractivity contribution in [1.29, 1.82) is 0 Å². The van der Waals surface area contributed by atoms with Crippen LogP contribution in [0.3, 0.4) is 0 Å². The van der Waals surface area contributed by atoms with Crippen LogP contribution < -0.4 is 5.32 Å². The number of halogens is 1. The van der Waals surface area contributed by atoms with Crippen molar-refractivity contribution < 1.29 is 9.90 Å². The van der Waals surface area contributed by atoms with Crippen molar-refractivity contribution in [2.75, 3.05) is 0 Å². The molecule has 0 bridgehead atoms. The first-order chi connectivity index (χ1) is 9.09. The molecule has 0 spiro atoms. The van der Waals surface area contributed by atoms with Crippen LogP contribution in [0.4, 0.5) is 0 Å². The summed E-state index contributed by atoms with van der Waals surface area (Å²) in [5, 5.41) is 17.3. The molecule has 5 nitrogen and oxygen atoms in total. The number of hydrogen-bond acceptors (Lipinski definition) is 3. The van der Waals surface area contributed by atoms with Crippen LogP contribution in [0.2, 0.25) is 0 Å². The zero-order valence-electron chi connectivity index (χ0n) is 10.7. The van der Waals surface area contributed by atoms with Crippen LogP contribution in [-0.4, -0.2) is 32.4 Å². The van der Waals surface area contributed by atoms with Gasteiger partial charge >= 0.3 is 5.97 Å². The van der Waals surface area contributed by atoms with Gasteiger partial charge in [-0.25, -0.2) is 0 Å². The topological polar surface area (TPSA) is 67.2 Å². The normalized spacial score (nSPS) is 31.3. The Morgan fingerprint density at radius 3 is 2.89 bits per heavy atom. The molecule has 19 heavy (non-hydrogen) atoms. The third-order valence-electron chi connectivity index (χ3n) is 4.14. The molecule has 0 amide bonds. The molecule has 6 heteroatoms. The number of nitrogens with one attached hydrogen (secondary N) is 1. The second-order valence-electron chi connectivity index (χ2n) is 5.69. The summed E-state index contributed by atoms with van der Waals surface area (Å²) in [6.45, 7) is 0. The first kappa shape index (κ1) is 13.1. The number of rotatable bonds is 4. The zero-order valence-corrected chi connectivity index (χ0v) is 12.3. The molecule has 2 atom stereocenters. The Hall–Kier alpha value is -0.880. The van der Waals surface area contributed by atoms with E-state index in [1.165, 1.54) is 0 Å². The maximum absolute atomic E-state index is 11.7. The summed E-state index contributed by atoms with van der Waals surface area (Å²) in [5.74, 6) is -0.713. The summed E-state index contributed by atoms with van der Waals surface area (Å²) in [7, 11) is 0. The summed E-state index contributed by atoms with van der Waals surface area (Å²) in [5.41, 5.74) is -0.761. The summed E-state index contributed by atoms with van der Waals surface area (Å²) in [4.78, 5) is 11.7. The molecule has 3 rings (SSSR count). The van der Waals surface area contributed by atoms with E-state index in [0.29, 0.717) is 12.5 Å². The third kappa shape index (κ3) is 2.69. The van der Waals surface area contributed by atoms with Crippen molar-refractivity contribution in [3.05, 3.63) is 16.9 Å². The van der Waals surface area contributed by atoms with Crippen molar-refractivity contribution in [3.8, 4) is 0 Å². The van der Waals surface area contributed by atoms with Gasteiger partial charge in [0, 0.05) is 12.2 Å². The van der Waals surface area contributed by atoms with Crippen LogP contribution in [0.1, 0.15) is 44.6 Å². The average molecular weight is 328 g/mol. The van der Waals surface area contributed by atoms with Gasteiger partial charge in [0.15, 0.2) is 0 Å². The maximum atomic E-state index is 11.7. The molecule has 2 unspecified atom stereocenters.